The summed E-state index contributed by atoms with van der Waals surface area (Å²) >= 11 is 0. The molecule has 188 valence electrons. The van der Waals surface area contributed by atoms with Gasteiger partial charge in [-0.05, 0) is 67.1 Å². The number of H-pyrrole nitrogens is 1. The second-order valence-electron chi connectivity index (χ2n) is 11.3. The molecular weight excluding hydrogens is 446 g/mol. The van der Waals surface area contributed by atoms with Gasteiger partial charge in [-0.3, -0.25) is 9.59 Å². The molecule has 0 bridgehead atoms. The van der Waals surface area contributed by atoms with Crippen LogP contribution in [0.4, 0.5) is 0 Å². The molecule has 5 heteroatoms. The van der Waals surface area contributed by atoms with Crippen LogP contribution in [0.2, 0.25) is 0 Å². The molecule has 2 aliphatic carbocycles. The number of aromatic nitrogens is 1. The van der Waals surface area contributed by atoms with E-state index in [-0.39, 0.29) is 23.2 Å². The maximum Gasteiger partial charge on any atom is 0.230 e. The molecule has 1 aliphatic heterocycles. The van der Waals surface area contributed by atoms with E-state index >= 15 is 0 Å². The molecule has 2 amide bonds. The van der Waals surface area contributed by atoms with E-state index in [4.69, 9.17) is 0 Å². The first kappa shape index (κ1) is 23.3. The van der Waals surface area contributed by atoms with E-state index in [9.17, 15) is 9.59 Å². The topological polar surface area (TPSA) is 65.2 Å². The largest absolute Gasteiger partial charge is 0.361 e. The van der Waals surface area contributed by atoms with Crippen LogP contribution in [0.15, 0.2) is 60.8 Å². The summed E-state index contributed by atoms with van der Waals surface area (Å²) in [5, 5.41) is 4.43. The van der Waals surface area contributed by atoms with Crippen LogP contribution in [0, 0.1) is 17.3 Å². The molecular formula is C31H37N3O2. The number of para-hydroxylation sites is 1. The average molecular weight is 484 g/mol. The Morgan fingerprint density at radius 3 is 2.50 bits per heavy atom. The van der Waals surface area contributed by atoms with E-state index in [1.807, 2.05) is 12.1 Å². The number of nitrogens with zero attached hydrogens (tertiary/aromatic N) is 1. The number of carbonyl (C=O) groups is 2. The average Bonchev–Trinajstić information content (AvgIpc) is 3.24. The van der Waals surface area contributed by atoms with Gasteiger partial charge in [0.05, 0.1) is 5.92 Å². The highest BCUT2D eigenvalue weighted by Crippen LogP contribution is 2.59. The molecule has 6 rings (SSSR count). The lowest BCUT2D eigenvalue weighted by molar-refractivity contribution is -0.135. The number of fused-ring (bicyclic) bond motifs is 1. The van der Waals surface area contributed by atoms with Gasteiger partial charge in [0.1, 0.15) is 0 Å². The van der Waals surface area contributed by atoms with Gasteiger partial charge in [-0.15, -0.1) is 0 Å². The second kappa shape index (κ2) is 9.76. The molecule has 2 aromatic carbocycles. The molecule has 2 atom stereocenters. The lowest BCUT2D eigenvalue weighted by atomic mass is 9.82. The van der Waals surface area contributed by atoms with Crippen molar-refractivity contribution in [1.82, 2.24) is 15.2 Å². The van der Waals surface area contributed by atoms with Gasteiger partial charge in [-0.25, -0.2) is 0 Å². The third-order valence-electron chi connectivity index (χ3n) is 9.24. The summed E-state index contributed by atoms with van der Waals surface area (Å²) in [5.74, 6) is 1.07. The minimum Gasteiger partial charge on any atom is -0.361 e. The van der Waals surface area contributed by atoms with E-state index in [1.165, 1.54) is 29.4 Å². The van der Waals surface area contributed by atoms with Crippen LogP contribution in [0.1, 0.15) is 62.0 Å². The Hall–Kier alpha value is -3.08. The van der Waals surface area contributed by atoms with Gasteiger partial charge >= 0.3 is 0 Å². The number of rotatable bonds is 7. The highest BCUT2D eigenvalue weighted by molar-refractivity contribution is 5.85. The van der Waals surface area contributed by atoms with Crippen molar-refractivity contribution < 1.29 is 9.59 Å². The van der Waals surface area contributed by atoms with Crippen LogP contribution in [-0.4, -0.2) is 41.3 Å². The molecule has 1 saturated heterocycles. The van der Waals surface area contributed by atoms with E-state index in [0.29, 0.717) is 18.4 Å². The van der Waals surface area contributed by atoms with Crippen molar-refractivity contribution in [3.05, 3.63) is 71.9 Å². The molecule has 2 saturated carbocycles. The van der Waals surface area contributed by atoms with E-state index in [0.717, 1.165) is 57.1 Å². The summed E-state index contributed by atoms with van der Waals surface area (Å²) in [4.78, 5) is 32.1. The molecule has 1 spiro atoms. The third kappa shape index (κ3) is 4.44. The smallest absolute Gasteiger partial charge is 0.230 e. The number of hydrogen-bond acceptors (Lipinski definition) is 2. The van der Waals surface area contributed by atoms with Crippen molar-refractivity contribution >= 4 is 22.7 Å². The van der Waals surface area contributed by atoms with Crippen LogP contribution in [0.5, 0.6) is 0 Å². The number of hydrogen-bond donors (Lipinski definition) is 2. The number of amides is 2. The lowest BCUT2D eigenvalue weighted by Gasteiger charge is -2.36. The standard InChI is InChI=1S/C31H37N3O2/c35-29(32-17-14-24-21-33-27-13-7-6-12-25(24)27)26-20-31(26)15-18-34(19-16-31)30(36)28(23-10-4-5-11-23)22-8-2-1-3-9-22/h1-3,6-9,12-13,21,23,26,28,33H,4-5,10-11,14-20H2,(H,32,35)/t26-,28+/m0/s1. The fraction of sp³-hybridized carbons (Fsp3) is 0.484. The van der Waals surface area contributed by atoms with Crippen LogP contribution in [0.25, 0.3) is 10.9 Å². The first-order chi connectivity index (χ1) is 17.6. The Labute approximate surface area is 213 Å². The number of nitrogens with one attached hydrogen (secondary N) is 2. The van der Waals surface area contributed by atoms with Crippen LogP contribution in [0.3, 0.4) is 0 Å². The van der Waals surface area contributed by atoms with Crippen molar-refractivity contribution in [2.75, 3.05) is 19.6 Å². The Kier molecular flexibility index (Phi) is 6.32. The summed E-state index contributed by atoms with van der Waals surface area (Å²) < 4.78 is 0. The van der Waals surface area contributed by atoms with E-state index < -0.39 is 0 Å². The Morgan fingerprint density at radius 1 is 1.00 bits per heavy atom. The zero-order valence-corrected chi connectivity index (χ0v) is 21.0. The lowest BCUT2D eigenvalue weighted by Crippen LogP contribution is -2.44. The van der Waals surface area contributed by atoms with E-state index in [1.54, 1.807) is 0 Å². The number of likely N-dealkylation sites (tertiary alicyclic amines) is 1. The highest BCUT2D eigenvalue weighted by Gasteiger charge is 2.58. The number of aromatic amines is 1. The second-order valence-corrected chi connectivity index (χ2v) is 11.3. The first-order valence-corrected chi connectivity index (χ1v) is 13.8. The van der Waals surface area contributed by atoms with Crippen LogP contribution in [-0.2, 0) is 16.0 Å². The molecule has 2 heterocycles. The quantitative estimate of drug-likeness (QED) is 0.471. The summed E-state index contributed by atoms with van der Waals surface area (Å²) in [6, 6.07) is 18.7. The van der Waals surface area contributed by atoms with Crippen molar-refractivity contribution in [1.29, 1.82) is 0 Å². The minimum absolute atomic E-state index is 0.00874. The minimum atomic E-state index is -0.00874. The molecule has 3 aliphatic rings. The Balaban J connectivity index is 1.02. The van der Waals surface area contributed by atoms with Crippen LogP contribution >= 0.6 is 0 Å². The van der Waals surface area contributed by atoms with Gasteiger partial charge in [0.15, 0.2) is 0 Å². The molecule has 1 aromatic heterocycles. The first-order valence-electron chi connectivity index (χ1n) is 13.8. The SMILES string of the molecule is O=C(NCCc1c[nH]c2ccccc12)[C@@H]1CC12CCN(C(=O)[C@H](c1ccccc1)C1CCCC1)CC2. The number of benzene rings is 2. The fourth-order valence-electron chi connectivity index (χ4n) is 6.99. The highest BCUT2D eigenvalue weighted by atomic mass is 16.2. The third-order valence-corrected chi connectivity index (χ3v) is 9.24. The van der Waals surface area contributed by atoms with Crippen molar-refractivity contribution in [2.24, 2.45) is 17.3 Å². The van der Waals surface area contributed by atoms with E-state index in [2.05, 4.69) is 63.9 Å². The molecule has 36 heavy (non-hydrogen) atoms. The maximum absolute atomic E-state index is 13.7. The Morgan fingerprint density at radius 2 is 1.72 bits per heavy atom. The number of piperidine rings is 1. The van der Waals surface area contributed by atoms with Crippen LogP contribution < -0.4 is 5.32 Å². The summed E-state index contributed by atoms with van der Waals surface area (Å²) in [6.07, 6.45) is 10.5. The zero-order valence-electron chi connectivity index (χ0n) is 21.0. The summed E-state index contributed by atoms with van der Waals surface area (Å²) in [7, 11) is 0. The van der Waals surface area contributed by atoms with Gasteiger partial charge < -0.3 is 15.2 Å². The molecule has 2 N–H and O–H groups in total. The maximum atomic E-state index is 13.7. The molecule has 3 fully saturated rings. The Bertz CT molecular complexity index is 1220. The number of carbonyl (C=O) groups excluding carboxylic acids is 2. The fourth-order valence-corrected chi connectivity index (χ4v) is 6.99. The predicted molar refractivity (Wildman–Crippen MR) is 143 cm³/mol. The van der Waals surface area contributed by atoms with Gasteiger partial charge in [-0.1, -0.05) is 61.4 Å². The molecule has 0 unspecified atom stereocenters. The van der Waals surface area contributed by atoms with Crippen molar-refractivity contribution in [2.45, 2.75) is 57.3 Å². The zero-order chi connectivity index (χ0) is 24.5. The van der Waals surface area contributed by atoms with Gasteiger partial charge in [0.25, 0.3) is 0 Å². The summed E-state index contributed by atoms with van der Waals surface area (Å²) in [5.41, 5.74) is 3.67. The van der Waals surface area contributed by atoms with Crippen molar-refractivity contribution in [3.8, 4) is 0 Å². The van der Waals surface area contributed by atoms with Gasteiger partial charge in [-0.2, -0.15) is 0 Å². The molecule has 0 radical (unpaired) electrons. The molecule has 5 nitrogen and oxygen atoms in total. The van der Waals surface area contributed by atoms with Gasteiger partial charge in [0.2, 0.25) is 11.8 Å². The predicted octanol–water partition coefficient (Wildman–Crippen LogP) is 5.43. The summed E-state index contributed by atoms with van der Waals surface area (Å²) in [6.45, 7) is 2.24. The normalized spacial score (nSPS) is 22.1. The van der Waals surface area contributed by atoms with Crippen molar-refractivity contribution in [3.63, 3.8) is 0 Å². The van der Waals surface area contributed by atoms with Gasteiger partial charge in [0, 0.05) is 42.7 Å². The molecule has 3 aromatic rings. The monoisotopic (exact) mass is 483 g/mol.